The van der Waals surface area contributed by atoms with Crippen LogP contribution in [0.4, 0.5) is 5.82 Å². The van der Waals surface area contributed by atoms with E-state index in [1.807, 2.05) is 0 Å². The van der Waals surface area contributed by atoms with Gasteiger partial charge in [-0.25, -0.2) is 14.6 Å². The molecule has 14 heteroatoms. The lowest BCUT2D eigenvalue weighted by atomic mass is 9.85. The second-order valence-corrected chi connectivity index (χ2v) is 10.0. The molecule has 2 aromatic heterocycles. The zero-order valence-corrected chi connectivity index (χ0v) is 22.6. The third-order valence-electron chi connectivity index (χ3n) is 6.93. The van der Waals surface area contributed by atoms with Crippen molar-refractivity contribution in [1.29, 1.82) is 0 Å². The molecule has 5 N–H and O–H groups in total. The molecule has 4 rings (SSSR count). The monoisotopic (exact) mass is 587 g/mol. The van der Waals surface area contributed by atoms with Gasteiger partial charge in [0.2, 0.25) is 5.28 Å². The Morgan fingerprint density at radius 3 is 2.51 bits per heavy atom. The van der Waals surface area contributed by atoms with Crippen molar-refractivity contribution in [1.82, 2.24) is 19.5 Å². The molecule has 3 aromatic rings. The number of aromatic nitrogens is 4. The molecule has 0 aliphatic heterocycles. The van der Waals surface area contributed by atoms with Gasteiger partial charge in [-0.3, -0.25) is 4.57 Å². The molecule has 1 saturated carbocycles. The number of carboxylic acid groups (broad SMARTS) is 2. The van der Waals surface area contributed by atoms with E-state index < -0.39 is 55.6 Å². The first-order valence-corrected chi connectivity index (χ1v) is 13.3. The number of aliphatic carboxylic acids is 2. The fraction of sp³-hybridized carbons (Fsp3) is 0.444. The van der Waals surface area contributed by atoms with E-state index in [9.17, 15) is 30.0 Å². The largest absolute Gasteiger partial charge is 0.479 e. The lowest BCUT2D eigenvalue weighted by molar-refractivity contribution is -0.195. The molecule has 0 saturated heterocycles. The Balaban J connectivity index is 1.58. The van der Waals surface area contributed by atoms with E-state index in [-0.39, 0.29) is 10.9 Å². The van der Waals surface area contributed by atoms with Crippen LogP contribution >= 0.6 is 11.6 Å². The maximum Gasteiger partial charge on any atom is 0.348 e. The molecule has 218 valence electrons. The molecule has 0 radical (unpaired) electrons. The number of nitrogens with one attached hydrogen (secondary N) is 1. The quantitative estimate of drug-likeness (QED) is 0.0985. The summed E-state index contributed by atoms with van der Waals surface area (Å²) in [7, 11) is 0. The standard InChI is InChI=1S/C27H30ClN5O8/c1-2-19(35)23(33-15-30-20-21(29-12-17-9-6-10-17)31-26(28)32-22(20)33)41-18(13-34)14-40-27(24(36)37,25(38)39)11-16-7-4-3-5-8-16/h1,3-5,7-8,15,17-19,23,34-35H,6,9-14H2,(H,36,37)(H,38,39)(H,29,31,32)/t18-,19+,23+/m0/s1. The van der Waals surface area contributed by atoms with Gasteiger partial charge in [-0.1, -0.05) is 42.7 Å². The zero-order valence-electron chi connectivity index (χ0n) is 21.9. The minimum atomic E-state index is -2.68. The molecule has 0 amide bonds. The first-order chi connectivity index (χ1) is 19.7. The number of imidazole rings is 1. The smallest absolute Gasteiger partial charge is 0.348 e. The predicted molar refractivity (Wildman–Crippen MR) is 146 cm³/mol. The predicted octanol–water partition coefficient (Wildman–Crippen LogP) is 1.73. The maximum atomic E-state index is 12.1. The van der Waals surface area contributed by atoms with E-state index in [1.54, 1.807) is 30.3 Å². The number of halogens is 1. The lowest BCUT2D eigenvalue weighted by Crippen LogP contribution is -2.52. The fourth-order valence-corrected chi connectivity index (χ4v) is 4.54. The second-order valence-electron chi connectivity index (χ2n) is 9.70. The van der Waals surface area contributed by atoms with E-state index in [0.29, 0.717) is 29.4 Å². The van der Waals surface area contributed by atoms with Gasteiger partial charge in [0.1, 0.15) is 6.10 Å². The Labute approximate surface area is 240 Å². The van der Waals surface area contributed by atoms with Gasteiger partial charge in [-0.15, -0.1) is 6.42 Å². The number of terminal acetylenes is 1. The highest BCUT2D eigenvalue weighted by Gasteiger charge is 2.49. The Morgan fingerprint density at radius 2 is 1.93 bits per heavy atom. The van der Waals surface area contributed by atoms with Gasteiger partial charge in [0.05, 0.1) is 19.5 Å². The van der Waals surface area contributed by atoms with Gasteiger partial charge in [-0.2, -0.15) is 9.97 Å². The summed E-state index contributed by atoms with van der Waals surface area (Å²) < 4.78 is 12.6. The van der Waals surface area contributed by atoms with Crippen LogP contribution in [-0.2, 0) is 25.5 Å². The van der Waals surface area contributed by atoms with Crippen LogP contribution in [0.3, 0.4) is 0 Å². The van der Waals surface area contributed by atoms with Gasteiger partial charge in [0, 0.05) is 13.0 Å². The van der Waals surface area contributed by atoms with Gasteiger partial charge >= 0.3 is 11.9 Å². The summed E-state index contributed by atoms with van der Waals surface area (Å²) in [6.45, 7) is -0.735. The van der Waals surface area contributed by atoms with Gasteiger partial charge in [0.25, 0.3) is 5.60 Å². The molecule has 1 aromatic carbocycles. The number of carbonyl (C=O) groups is 2. The number of hydrogen-bond donors (Lipinski definition) is 5. The molecular formula is C27H30ClN5O8. The topological polar surface area (TPSA) is 189 Å². The van der Waals surface area contributed by atoms with E-state index in [1.165, 1.54) is 17.3 Å². The number of ether oxygens (including phenoxy) is 2. The highest BCUT2D eigenvalue weighted by atomic mass is 35.5. The van der Waals surface area contributed by atoms with Crippen LogP contribution in [0.1, 0.15) is 31.1 Å². The van der Waals surface area contributed by atoms with Crippen molar-refractivity contribution in [2.24, 2.45) is 5.92 Å². The molecule has 1 aliphatic carbocycles. The SMILES string of the molecule is C#C[C@@H](O)[C@@H](O[C@@H](CO)COC(Cc1ccccc1)(C(=O)O)C(=O)O)n1cnc2c(NCC3CCC3)nc(Cl)nc21. The van der Waals surface area contributed by atoms with E-state index in [2.05, 4.69) is 26.2 Å². The average molecular weight is 588 g/mol. The Hall–Kier alpha value is -3.80. The number of anilines is 1. The third-order valence-corrected chi connectivity index (χ3v) is 7.10. The van der Waals surface area contributed by atoms with Crippen molar-refractivity contribution in [3.63, 3.8) is 0 Å². The van der Waals surface area contributed by atoms with Crippen LogP contribution in [-0.4, -0.2) is 89.5 Å². The van der Waals surface area contributed by atoms with Gasteiger partial charge in [0.15, 0.2) is 29.3 Å². The summed E-state index contributed by atoms with van der Waals surface area (Å²) in [4.78, 5) is 37.1. The van der Waals surface area contributed by atoms with Crippen molar-refractivity contribution in [2.75, 3.05) is 25.1 Å². The van der Waals surface area contributed by atoms with Crippen LogP contribution in [0, 0.1) is 18.3 Å². The minimum Gasteiger partial charge on any atom is -0.479 e. The number of carboxylic acids is 2. The van der Waals surface area contributed by atoms with Crippen LogP contribution in [0.15, 0.2) is 36.7 Å². The summed E-state index contributed by atoms with van der Waals surface area (Å²) >= 11 is 6.17. The van der Waals surface area contributed by atoms with Crippen LogP contribution in [0.25, 0.3) is 11.2 Å². The van der Waals surface area contributed by atoms with Gasteiger partial charge in [-0.05, 0) is 35.9 Å². The lowest BCUT2D eigenvalue weighted by Gasteiger charge is -2.30. The molecule has 2 heterocycles. The molecule has 0 unspecified atom stereocenters. The van der Waals surface area contributed by atoms with Crippen LogP contribution in [0.5, 0.6) is 0 Å². The number of hydrogen-bond acceptors (Lipinski definition) is 10. The maximum absolute atomic E-state index is 12.1. The number of aliphatic hydroxyl groups excluding tert-OH is 2. The normalized spacial score (nSPS) is 16.0. The van der Waals surface area contributed by atoms with E-state index >= 15 is 0 Å². The number of nitrogens with zero attached hydrogens (tertiary/aromatic N) is 4. The molecule has 0 spiro atoms. The Bertz CT molecular complexity index is 1390. The number of fused-ring (bicyclic) bond motifs is 1. The van der Waals surface area contributed by atoms with Crippen molar-refractivity contribution < 1.29 is 39.5 Å². The zero-order chi connectivity index (χ0) is 29.6. The summed E-state index contributed by atoms with van der Waals surface area (Å²) in [6.07, 6.45) is 5.37. The van der Waals surface area contributed by atoms with Crippen molar-refractivity contribution in [2.45, 2.75) is 49.7 Å². The Morgan fingerprint density at radius 1 is 1.22 bits per heavy atom. The molecule has 3 atom stereocenters. The van der Waals surface area contributed by atoms with Gasteiger partial charge < -0.3 is 35.2 Å². The highest BCUT2D eigenvalue weighted by molar-refractivity contribution is 6.28. The molecule has 1 aliphatic rings. The van der Waals surface area contributed by atoms with E-state index in [0.717, 1.165) is 12.8 Å². The first-order valence-electron chi connectivity index (χ1n) is 12.9. The number of benzene rings is 1. The molecular weight excluding hydrogens is 558 g/mol. The van der Waals surface area contributed by atoms with Crippen molar-refractivity contribution in [3.05, 3.63) is 47.5 Å². The number of aliphatic hydroxyl groups is 2. The highest BCUT2D eigenvalue weighted by Crippen LogP contribution is 2.30. The fourth-order valence-electron chi connectivity index (χ4n) is 4.38. The summed E-state index contributed by atoms with van der Waals surface area (Å²) in [6, 6.07) is 8.10. The number of rotatable bonds is 15. The third kappa shape index (κ3) is 6.75. The summed E-state index contributed by atoms with van der Waals surface area (Å²) in [5.74, 6) is -0.425. The average Bonchev–Trinajstić information content (AvgIpc) is 3.34. The molecule has 0 bridgehead atoms. The van der Waals surface area contributed by atoms with Crippen molar-refractivity contribution in [3.8, 4) is 12.3 Å². The molecule has 1 fully saturated rings. The summed E-state index contributed by atoms with van der Waals surface area (Å²) in [5.41, 5.74) is -1.76. The minimum absolute atomic E-state index is 0.0973. The van der Waals surface area contributed by atoms with Crippen LogP contribution in [0.2, 0.25) is 5.28 Å². The van der Waals surface area contributed by atoms with E-state index in [4.69, 9.17) is 27.5 Å². The van der Waals surface area contributed by atoms with Crippen molar-refractivity contribution >= 4 is 40.5 Å². The Kier molecular flexibility index (Phi) is 9.74. The van der Waals surface area contributed by atoms with Crippen LogP contribution < -0.4 is 5.32 Å². The molecule has 13 nitrogen and oxygen atoms in total. The second kappa shape index (κ2) is 13.2. The molecule has 41 heavy (non-hydrogen) atoms. The summed E-state index contributed by atoms with van der Waals surface area (Å²) in [5, 5.41) is 43.5. The first kappa shape index (κ1) is 30.2.